The predicted octanol–water partition coefficient (Wildman–Crippen LogP) is 2.36. The smallest absolute Gasteiger partial charge is 0.220 e. The van der Waals surface area contributed by atoms with Crippen molar-refractivity contribution >= 4 is 15.7 Å². The molecular formula is C15H19F2NO3S. The van der Waals surface area contributed by atoms with Gasteiger partial charge in [-0.2, -0.15) is 0 Å². The molecule has 122 valence electrons. The number of hydrogen-bond acceptors (Lipinski definition) is 3. The van der Waals surface area contributed by atoms with Crippen LogP contribution in [0.4, 0.5) is 8.78 Å². The molecule has 0 unspecified atom stereocenters. The summed E-state index contributed by atoms with van der Waals surface area (Å²) in [5.41, 5.74) is 0.106. The number of carbonyl (C=O) groups is 1. The van der Waals surface area contributed by atoms with Gasteiger partial charge in [-0.05, 0) is 37.0 Å². The Morgan fingerprint density at radius 2 is 2.14 bits per heavy atom. The zero-order chi connectivity index (χ0) is 16.3. The molecule has 1 amide bonds. The predicted molar refractivity (Wildman–Crippen MR) is 78.9 cm³/mol. The standard InChI is InChI=1S/C15H19F2NO3S/c1-2-14(12-8-11(16)3-4-13(12)17)18-15(19)7-10-5-6-22(20,21)9-10/h3-4,8,10,14H,2,5-7,9H2,1H3,(H,18,19)/t10-,14+/m0/s1. The molecule has 7 heteroatoms. The van der Waals surface area contributed by atoms with Gasteiger partial charge in [0.1, 0.15) is 11.6 Å². The number of nitrogens with one attached hydrogen (secondary N) is 1. The number of rotatable bonds is 5. The molecule has 0 saturated carbocycles. The fourth-order valence-electron chi connectivity index (χ4n) is 2.73. The van der Waals surface area contributed by atoms with Gasteiger partial charge in [0.2, 0.25) is 5.91 Å². The quantitative estimate of drug-likeness (QED) is 0.901. The first kappa shape index (κ1) is 16.9. The van der Waals surface area contributed by atoms with Crippen LogP contribution in [-0.4, -0.2) is 25.8 Å². The monoisotopic (exact) mass is 331 g/mol. The molecule has 0 spiro atoms. The normalized spacial score (nSPS) is 21.5. The Balaban J connectivity index is 2.01. The van der Waals surface area contributed by atoms with Crippen LogP contribution >= 0.6 is 0 Å². The maximum absolute atomic E-state index is 13.8. The van der Waals surface area contributed by atoms with Crippen molar-refractivity contribution in [2.45, 2.75) is 32.2 Å². The largest absolute Gasteiger partial charge is 0.349 e. The average Bonchev–Trinajstić information content (AvgIpc) is 2.78. The van der Waals surface area contributed by atoms with E-state index in [9.17, 15) is 22.0 Å². The first-order valence-electron chi connectivity index (χ1n) is 7.25. The molecule has 0 aromatic heterocycles. The lowest BCUT2D eigenvalue weighted by Gasteiger charge is -2.19. The van der Waals surface area contributed by atoms with Crippen molar-refractivity contribution in [2.75, 3.05) is 11.5 Å². The van der Waals surface area contributed by atoms with Crippen LogP contribution in [0.1, 0.15) is 37.8 Å². The van der Waals surface area contributed by atoms with E-state index in [-0.39, 0.29) is 35.3 Å². The third-order valence-corrected chi connectivity index (χ3v) is 5.71. The maximum Gasteiger partial charge on any atom is 0.220 e. The van der Waals surface area contributed by atoms with Crippen molar-refractivity contribution in [2.24, 2.45) is 5.92 Å². The molecule has 1 saturated heterocycles. The molecule has 22 heavy (non-hydrogen) atoms. The molecule has 1 fully saturated rings. The van der Waals surface area contributed by atoms with Crippen molar-refractivity contribution in [3.8, 4) is 0 Å². The van der Waals surface area contributed by atoms with Gasteiger partial charge in [-0.3, -0.25) is 4.79 Å². The lowest BCUT2D eigenvalue weighted by Crippen LogP contribution is -2.30. The molecule has 4 nitrogen and oxygen atoms in total. The third-order valence-electron chi connectivity index (χ3n) is 3.88. The van der Waals surface area contributed by atoms with Crippen molar-refractivity contribution in [1.82, 2.24) is 5.32 Å². The highest BCUT2D eigenvalue weighted by Gasteiger charge is 2.30. The average molecular weight is 331 g/mol. The summed E-state index contributed by atoms with van der Waals surface area (Å²) in [7, 11) is -3.03. The second kappa shape index (κ2) is 6.73. The number of hydrogen-bond donors (Lipinski definition) is 1. The van der Waals surface area contributed by atoms with Crippen LogP contribution in [-0.2, 0) is 14.6 Å². The Labute approximate surface area is 128 Å². The van der Waals surface area contributed by atoms with Crippen molar-refractivity contribution in [3.05, 3.63) is 35.4 Å². The van der Waals surface area contributed by atoms with E-state index in [2.05, 4.69) is 5.32 Å². The van der Waals surface area contributed by atoms with E-state index in [1.54, 1.807) is 6.92 Å². The van der Waals surface area contributed by atoms with E-state index in [0.29, 0.717) is 12.8 Å². The van der Waals surface area contributed by atoms with Crippen molar-refractivity contribution < 1.29 is 22.0 Å². The fraction of sp³-hybridized carbons (Fsp3) is 0.533. The number of carbonyl (C=O) groups excluding carboxylic acids is 1. The Hall–Kier alpha value is -1.50. The molecule has 2 rings (SSSR count). The minimum absolute atomic E-state index is 0.0194. The maximum atomic E-state index is 13.8. The molecule has 1 aliphatic heterocycles. The molecule has 2 atom stereocenters. The molecule has 0 bridgehead atoms. The number of halogens is 2. The van der Waals surface area contributed by atoms with Crippen molar-refractivity contribution in [1.29, 1.82) is 0 Å². The zero-order valence-electron chi connectivity index (χ0n) is 12.3. The van der Waals surface area contributed by atoms with Gasteiger partial charge in [-0.25, -0.2) is 17.2 Å². The molecule has 0 radical (unpaired) electrons. The van der Waals surface area contributed by atoms with Crippen LogP contribution < -0.4 is 5.32 Å². The van der Waals surface area contributed by atoms with Gasteiger partial charge in [-0.15, -0.1) is 0 Å². The van der Waals surface area contributed by atoms with E-state index in [1.807, 2.05) is 0 Å². The van der Waals surface area contributed by atoms with Gasteiger partial charge in [0.25, 0.3) is 0 Å². The van der Waals surface area contributed by atoms with Gasteiger partial charge in [0.05, 0.1) is 17.5 Å². The molecule has 1 aromatic carbocycles. The zero-order valence-corrected chi connectivity index (χ0v) is 13.1. The highest BCUT2D eigenvalue weighted by molar-refractivity contribution is 7.91. The number of benzene rings is 1. The van der Waals surface area contributed by atoms with E-state index in [4.69, 9.17) is 0 Å². The van der Waals surface area contributed by atoms with Crippen LogP contribution in [0.3, 0.4) is 0 Å². The van der Waals surface area contributed by atoms with Gasteiger partial charge in [0.15, 0.2) is 9.84 Å². The topological polar surface area (TPSA) is 63.2 Å². The Bertz CT molecular complexity index is 661. The van der Waals surface area contributed by atoms with Crippen molar-refractivity contribution in [3.63, 3.8) is 0 Å². The molecular weight excluding hydrogens is 312 g/mol. The third kappa shape index (κ3) is 4.25. The van der Waals surface area contributed by atoms with Gasteiger partial charge < -0.3 is 5.32 Å². The highest BCUT2D eigenvalue weighted by atomic mass is 32.2. The minimum Gasteiger partial charge on any atom is -0.349 e. The molecule has 1 aliphatic rings. The summed E-state index contributed by atoms with van der Waals surface area (Å²) in [5.74, 6) is -1.54. The summed E-state index contributed by atoms with van der Waals surface area (Å²) >= 11 is 0. The van der Waals surface area contributed by atoms with Crippen LogP contribution in [0, 0.1) is 17.6 Å². The molecule has 1 aromatic rings. The first-order valence-corrected chi connectivity index (χ1v) is 9.07. The lowest BCUT2D eigenvalue weighted by molar-refractivity contribution is -0.122. The van der Waals surface area contributed by atoms with E-state index in [1.165, 1.54) is 0 Å². The Morgan fingerprint density at radius 3 is 2.73 bits per heavy atom. The SMILES string of the molecule is CC[C@@H](NC(=O)C[C@@H]1CCS(=O)(=O)C1)c1cc(F)ccc1F. The van der Waals surface area contributed by atoms with E-state index in [0.717, 1.165) is 18.2 Å². The van der Waals surface area contributed by atoms with Crippen LogP contribution in [0.15, 0.2) is 18.2 Å². The summed E-state index contributed by atoms with van der Waals surface area (Å²) in [6.45, 7) is 1.76. The number of sulfone groups is 1. The summed E-state index contributed by atoms with van der Waals surface area (Å²) < 4.78 is 49.8. The molecule has 1 heterocycles. The van der Waals surface area contributed by atoms with E-state index >= 15 is 0 Å². The van der Waals surface area contributed by atoms with Gasteiger partial charge >= 0.3 is 0 Å². The summed E-state index contributed by atoms with van der Waals surface area (Å²) in [5, 5.41) is 2.66. The van der Waals surface area contributed by atoms with Crippen LogP contribution in [0.2, 0.25) is 0 Å². The highest BCUT2D eigenvalue weighted by Crippen LogP contribution is 2.24. The van der Waals surface area contributed by atoms with E-state index < -0.39 is 27.5 Å². The Kier molecular flexibility index (Phi) is 5.16. The van der Waals surface area contributed by atoms with Gasteiger partial charge in [-0.1, -0.05) is 6.92 Å². The number of amides is 1. The van der Waals surface area contributed by atoms with Crippen LogP contribution in [0.5, 0.6) is 0 Å². The second-order valence-corrected chi connectivity index (χ2v) is 7.90. The lowest BCUT2D eigenvalue weighted by atomic mass is 10.0. The molecule has 0 aliphatic carbocycles. The summed E-state index contributed by atoms with van der Waals surface area (Å²) in [6.07, 6.45) is 0.975. The van der Waals surface area contributed by atoms with Gasteiger partial charge in [0, 0.05) is 12.0 Å². The minimum atomic E-state index is -3.03. The summed E-state index contributed by atoms with van der Waals surface area (Å²) in [4.78, 5) is 12.0. The van der Waals surface area contributed by atoms with Crippen LogP contribution in [0.25, 0.3) is 0 Å². The summed E-state index contributed by atoms with van der Waals surface area (Å²) in [6, 6.07) is 2.50. The first-order chi connectivity index (χ1) is 10.3. The fourth-order valence-corrected chi connectivity index (χ4v) is 4.59. The second-order valence-electron chi connectivity index (χ2n) is 5.67. The molecule has 1 N–H and O–H groups in total. The Morgan fingerprint density at radius 1 is 1.41 bits per heavy atom.